The van der Waals surface area contributed by atoms with Gasteiger partial charge in [-0.3, -0.25) is 4.79 Å². The summed E-state index contributed by atoms with van der Waals surface area (Å²) < 4.78 is 1.77. The van der Waals surface area contributed by atoms with E-state index in [2.05, 4.69) is 10.2 Å². The van der Waals surface area contributed by atoms with Crippen molar-refractivity contribution in [2.75, 3.05) is 0 Å². The third-order valence-corrected chi connectivity index (χ3v) is 3.46. The molecule has 0 saturated heterocycles. The second-order valence-corrected chi connectivity index (χ2v) is 4.25. The maximum atomic E-state index is 11.0. The Labute approximate surface area is 92.4 Å². The van der Waals surface area contributed by atoms with Crippen LogP contribution in [0.3, 0.4) is 0 Å². The Balaban J connectivity index is 2.79. The summed E-state index contributed by atoms with van der Waals surface area (Å²) in [6, 6.07) is 0. The summed E-state index contributed by atoms with van der Waals surface area (Å²) in [6.45, 7) is 2.24. The first kappa shape index (κ1) is 12.0. The lowest BCUT2D eigenvalue weighted by Gasteiger charge is -2.09. The van der Waals surface area contributed by atoms with Crippen LogP contribution in [0.5, 0.6) is 0 Å². The number of hydrogen-bond acceptors (Lipinski definition) is 5. The number of thioether (sulfide) groups is 1. The van der Waals surface area contributed by atoms with Gasteiger partial charge in [0.25, 0.3) is 0 Å². The Morgan fingerprint density at radius 1 is 1.60 bits per heavy atom. The number of rotatable bonds is 5. The Morgan fingerprint density at radius 3 is 2.67 bits per heavy atom. The van der Waals surface area contributed by atoms with Crippen LogP contribution in [0, 0.1) is 0 Å². The molecule has 1 aromatic heterocycles. The van der Waals surface area contributed by atoms with Gasteiger partial charge in [0.05, 0.1) is 11.8 Å². The molecule has 1 atom stereocenters. The zero-order valence-corrected chi connectivity index (χ0v) is 9.62. The first-order valence-electron chi connectivity index (χ1n) is 4.64. The topological polar surface area (TPSA) is 99.8 Å². The predicted molar refractivity (Wildman–Crippen MR) is 58.0 cm³/mol. The van der Waals surface area contributed by atoms with Crippen molar-refractivity contribution in [2.45, 2.75) is 30.3 Å². The van der Waals surface area contributed by atoms with Gasteiger partial charge in [0, 0.05) is 7.05 Å². The minimum absolute atomic E-state index is 0.265. The fourth-order valence-electron chi connectivity index (χ4n) is 1.10. The molecule has 6 nitrogen and oxygen atoms in total. The van der Waals surface area contributed by atoms with Crippen molar-refractivity contribution in [3.05, 3.63) is 5.82 Å². The van der Waals surface area contributed by atoms with Crippen molar-refractivity contribution >= 4 is 17.7 Å². The van der Waals surface area contributed by atoms with E-state index in [0.717, 1.165) is 0 Å². The Hall–Kier alpha value is -1.08. The van der Waals surface area contributed by atoms with Crippen molar-refractivity contribution in [1.82, 2.24) is 14.8 Å². The molecule has 0 aliphatic heterocycles. The SMILES string of the molecule is CCC(Sc1nnc(CN)n1C)C(N)=O. The molecule has 7 heteroatoms. The van der Waals surface area contributed by atoms with Gasteiger partial charge in [-0.2, -0.15) is 0 Å². The molecule has 0 fully saturated rings. The smallest absolute Gasteiger partial charge is 0.231 e. The van der Waals surface area contributed by atoms with Gasteiger partial charge in [-0.15, -0.1) is 10.2 Å². The quantitative estimate of drug-likeness (QED) is 0.671. The van der Waals surface area contributed by atoms with E-state index in [1.54, 1.807) is 4.57 Å². The maximum Gasteiger partial charge on any atom is 0.231 e. The fourth-order valence-corrected chi connectivity index (χ4v) is 1.98. The van der Waals surface area contributed by atoms with Crippen LogP contribution in [-0.2, 0) is 18.4 Å². The highest BCUT2D eigenvalue weighted by molar-refractivity contribution is 8.00. The molecule has 1 amide bonds. The van der Waals surface area contributed by atoms with Gasteiger partial charge < -0.3 is 16.0 Å². The fraction of sp³-hybridized carbons (Fsp3) is 0.625. The van der Waals surface area contributed by atoms with Crippen LogP contribution in [0.25, 0.3) is 0 Å². The summed E-state index contributed by atoms with van der Waals surface area (Å²) in [6.07, 6.45) is 0.671. The van der Waals surface area contributed by atoms with Crippen LogP contribution >= 0.6 is 11.8 Å². The molecule has 4 N–H and O–H groups in total. The third kappa shape index (κ3) is 2.69. The normalized spacial score (nSPS) is 12.7. The molecule has 1 aromatic rings. The van der Waals surface area contributed by atoms with Crippen molar-refractivity contribution in [3.63, 3.8) is 0 Å². The van der Waals surface area contributed by atoms with Crippen LogP contribution in [0.1, 0.15) is 19.2 Å². The van der Waals surface area contributed by atoms with Gasteiger partial charge in [0.2, 0.25) is 5.91 Å². The largest absolute Gasteiger partial charge is 0.369 e. The van der Waals surface area contributed by atoms with Gasteiger partial charge in [-0.25, -0.2) is 0 Å². The van der Waals surface area contributed by atoms with Crippen LogP contribution in [0.15, 0.2) is 5.16 Å². The zero-order chi connectivity index (χ0) is 11.4. The average Bonchev–Trinajstić information content (AvgIpc) is 2.55. The average molecular weight is 229 g/mol. The molecule has 0 bridgehead atoms. The van der Waals surface area contributed by atoms with E-state index >= 15 is 0 Å². The van der Waals surface area contributed by atoms with Gasteiger partial charge in [-0.1, -0.05) is 18.7 Å². The predicted octanol–water partition coefficient (Wildman–Crippen LogP) is -0.370. The highest BCUT2D eigenvalue weighted by Gasteiger charge is 2.18. The summed E-state index contributed by atoms with van der Waals surface area (Å²) in [5.74, 6) is 0.358. The highest BCUT2D eigenvalue weighted by Crippen LogP contribution is 2.23. The number of hydrogen-bond donors (Lipinski definition) is 2. The van der Waals surface area contributed by atoms with Crippen molar-refractivity contribution in [2.24, 2.45) is 18.5 Å². The minimum atomic E-state index is -0.334. The summed E-state index contributed by atoms with van der Waals surface area (Å²) in [7, 11) is 1.82. The van der Waals surface area contributed by atoms with Gasteiger partial charge in [0.1, 0.15) is 5.82 Å². The summed E-state index contributed by atoms with van der Waals surface area (Å²) >= 11 is 1.32. The standard InChI is InChI=1S/C8H15N5OS/c1-3-5(7(10)14)15-8-12-11-6(4-9)13(8)2/h5H,3-4,9H2,1-2H3,(H2,10,14). The number of primary amides is 1. The van der Waals surface area contributed by atoms with E-state index in [4.69, 9.17) is 11.5 Å². The van der Waals surface area contributed by atoms with E-state index in [0.29, 0.717) is 23.9 Å². The maximum absolute atomic E-state index is 11.0. The molecule has 0 saturated carbocycles. The lowest BCUT2D eigenvalue weighted by molar-refractivity contribution is -0.117. The van der Waals surface area contributed by atoms with Gasteiger partial charge in [-0.05, 0) is 6.42 Å². The molecule has 0 aromatic carbocycles. The molecular formula is C8H15N5OS. The van der Waals surface area contributed by atoms with Crippen molar-refractivity contribution in [1.29, 1.82) is 0 Å². The van der Waals surface area contributed by atoms with Gasteiger partial charge >= 0.3 is 0 Å². The number of nitrogens with zero attached hydrogens (tertiary/aromatic N) is 3. The van der Waals surface area contributed by atoms with E-state index in [9.17, 15) is 4.79 Å². The molecule has 0 aliphatic carbocycles. The molecule has 0 spiro atoms. The minimum Gasteiger partial charge on any atom is -0.369 e. The second-order valence-electron chi connectivity index (χ2n) is 3.08. The molecular weight excluding hydrogens is 214 g/mol. The number of aromatic nitrogens is 3. The number of amides is 1. The van der Waals surface area contributed by atoms with Crippen LogP contribution in [0.2, 0.25) is 0 Å². The Kier molecular flexibility index (Phi) is 4.10. The molecule has 84 valence electrons. The third-order valence-electron chi connectivity index (χ3n) is 2.04. The monoisotopic (exact) mass is 229 g/mol. The molecule has 1 heterocycles. The molecule has 0 radical (unpaired) electrons. The number of carbonyl (C=O) groups excluding carboxylic acids is 1. The molecule has 0 aliphatic rings. The number of nitrogens with two attached hydrogens (primary N) is 2. The molecule has 1 rings (SSSR count). The van der Waals surface area contributed by atoms with E-state index in [-0.39, 0.29) is 11.2 Å². The second kappa shape index (κ2) is 5.13. The first-order chi connectivity index (χ1) is 7.10. The van der Waals surface area contributed by atoms with Crippen LogP contribution in [0.4, 0.5) is 0 Å². The first-order valence-corrected chi connectivity index (χ1v) is 5.52. The highest BCUT2D eigenvalue weighted by atomic mass is 32.2. The molecule has 1 unspecified atom stereocenters. The zero-order valence-electron chi connectivity index (χ0n) is 8.80. The summed E-state index contributed by atoms with van der Waals surface area (Å²) in [4.78, 5) is 11.0. The van der Waals surface area contributed by atoms with Crippen LogP contribution in [-0.4, -0.2) is 25.9 Å². The van der Waals surface area contributed by atoms with E-state index < -0.39 is 0 Å². The lowest BCUT2D eigenvalue weighted by Crippen LogP contribution is -2.25. The Morgan fingerprint density at radius 2 is 2.27 bits per heavy atom. The molecule has 15 heavy (non-hydrogen) atoms. The Bertz CT molecular complexity index is 351. The van der Waals surface area contributed by atoms with Crippen molar-refractivity contribution in [3.8, 4) is 0 Å². The summed E-state index contributed by atoms with van der Waals surface area (Å²) in [5.41, 5.74) is 10.7. The van der Waals surface area contributed by atoms with Gasteiger partial charge in [0.15, 0.2) is 5.16 Å². The number of carbonyl (C=O) groups is 1. The van der Waals surface area contributed by atoms with Crippen molar-refractivity contribution < 1.29 is 4.79 Å². The van der Waals surface area contributed by atoms with E-state index in [1.807, 2.05) is 14.0 Å². The summed E-state index contributed by atoms with van der Waals surface area (Å²) in [5, 5.41) is 8.24. The van der Waals surface area contributed by atoms with Crippen LogP contribution < -0.4 is 11.5 Å². The van der Waals surface area contributed by atoms with E-state index in [1.165, 1.54) is 11.8 Å². The lowest BCUT2D eigenvalue weighted by atomic mass is 10.3.